The number of nitrogens with one attached hydrogen (secondary N) is 1. The summed E-state index contributed by atoms with van der Waals surface area (Å²) < 4.78 is 6.40. The lowest BCUT2D eigenvalue weighted by Gasteiger charge is -2.21. The van der Waals surface area contributed by atoms with Crippen molar-refractivity contribution in [2.45, 2.75) is 24.9 Å². The van der Waals surface area contributed by atoms with Gasteiger partial charge in [-0.2, -0.15) is 11.8 Å². The number of H-pyrrole nitrogens is 1. The maximum atomic E-state index is 5.71. The summed E-state index contributed by atoms with van der Waals surface area (Å²) >= 11 is 7.12. The van der Waals surface area contributed by atoms with Crippen LogP contribution in [0.1, 0.15) is 36.4 Å². The number of nitrogens with zero attached hydrogens (tertiary/aromatic N) is 1. The van der Waals surface area contributed by atoms with E-state index in [1.807, 2.05) is 17.8 Å². The van der Waals surface area contributed by atoms with E-state index < -0.39 is 0 Å². The van der Waals surface area contributed by atoms with Crippen LogP contribution >= 0.6 is 24.0 Å². The predicted octanol–water partition coefficient (Wildman–Crippen LogP) is 2.82. The molecule has 0 radical (unpaired) electrons. The quantitative estimate of drug-likeness (QED) is 0.824. The van der Waals surface area contributed by atoms with Gasteiger partial charge < -0.3 is 9.72 Å². The van der Waals surface area contributed by atoms with Gasteiger partial charge in [-0.05, 0) is 24.8 Å². The Kier molecular flexibility index (Phi) is 3.00. The molecule has 1 unspecified atom stereocenters. The molecule has 0 bridgehead atoms. The molecule has 0 spiro atoms. The van der Waals surface area contributed by atoms with Crippen molar-refractivity contribution in [2.75, 3.05) is 18.1 Å². The van der Waals surface area contributed by atoms with Crippen LogP contribution in [0, 0.1) is 4.64 Å². The second-order valence-corrected chi connectivity index (χ2v) is 5.84. The van der Waals surface area contributed by atoms with Gasteiger partial charge in [0.15, 0.2) is 0 Å². The molecule has 1 aromatic heterocycles. The van der Waals surface area contributed by atoms with Crippen molar-refractivity contribution in [3.8, 4) is 0 Å². The fourth-order valence-electron chi connectivity index (χ4n) is 1.91. The summed E-state index contributed by atoms with van der Waals surface area (Å²) in [5.41, 5.74) is 1.24. The number of hydrogen-bond acceptors (Lipinski definition) is 4. The van der Waals surface area contributed by atoms with E-state index in [2.05, 4.69) is 9.97 Å². The van der Waals surface area contributed by atoms with Gasteiger partial charge in [0, 0.05) is 17.2 Å². The van der Waals surface area contributed by atoms with Crippen molar-refractivity contribution < 1.29 is 4.74 Å². The van der Waals surface area contributed by atoms with Crippen LogP contribution in [0.2, 0.25) is 0 Å². The zero-order valence-electron chi connectivity index (χ0n) is 8.94. The zero-order valence-corrected chi connectivity index (χ0v) is 10.6. The van der Waals surface area contributed by atoms with Gasteiger partial charge in [-0.15, -0.1) is 0 Å². The number of hydrogen-bond donors (Lipinski definition) is 1. The van der Waals surface area contributed by atoms with E-state index >= 15 is 0 Å². The van der Waals surface area contributed by atoms with Crippen LogP contribution in [0.4, 0.5) is 0 Å². The predicted molar refractivity (Wildman–Crippen MR) is 67.4 cm³/mol. The van der Waals surface area contributed by atoms with E-state index in [4.69, 9.17) is 17.0 Å². The van der Waals surface area contributed by atoms with Crippen molar-refractivity contribution in [1.29, 1.82) is 0 Å². The van der Waals surface area contributed by atoms with E-state index in [0.717, 1.165) is 23.9 Å². The van der Waals surface area contributed by atoms with Gasteiger partial charge in [0.1, 0.15) is 16.6 Å². The van der Waals surface area contributed by atoms with Crippen molar-refractivity contribution in [2.24, 2.45) is 0 Å². The van der Waals surface area contributed by atoms with Gasteiger partial charge in [-0.3, -0.25) is 0 Å². The van der Waals surface area contributed by atoms with Crippen LogP contribution in [0.25, 0.3) is 0 Å². The second kappa shape index (κ2) is 4.47. The highest BCUT2D eigenvalue weighted by Crippen LogP contribution is 2.39. The van der Waals surface area contributed by atoms with Crippen LogP contribution in [0.5, 0.6) is 0 Å². The largest absolute Gasteiger partial charge is 0.369 e. The van der Waals surface area contributed by atoms with E-state index in [-0.39, 0.29) is 6.10 Å². The lowest BCUT2D eigenvalue weighted by molar-refractivity contribution is 0.0692. The fourth-order valence-corrected chi connectivity index (χ4v) is 2.98. The molecule has 1 saturated heterocycles. The van der Waals surface area contributed by atoms with Crippen LogP contribution in [0.15, 0.2) is 6.07 Å². The molecule has 0 amide bonds. The average Bonchev–Trinajstić information content (AvgIpc) is 3.13. The standard InChI is InChI=1S/C11H14N2OS2/c15-10-5-8(7-1-2-7)12-11(13-10)9-6-16-4-3-14-9/h5,7,9H,1-4,6H2,(H,12,13,15). The first-order valence-corrected chi connectivity index (χ1v) is 7.20. The molecule has 2 aliphatic rings. The third kappa shape index (κ3) is 2.31. The minimum atomic E-state index is 0.0964. The van der Waals surface area contributed by atoms with Gasteiger partial charge >= 0.3 is 0 Å². The molecule has 1 aliphatic heterocycles. The molecule has 3 rings (SSSR count). The first-order valence-electron chi connectivity index (χ1n) is 5.63. The summed E-state index contributed by atoms with van der Waals surface area (Å²) in [6, 6.07) is 1.99. The summed E-state index contributed by atoms with van der Waals surface area (Å²) in [5.74, 6) is 3.66. The van der Waals surface area contributed by atoms with E-state index in [1.54, 1.807) is 0 Å². The molecule has 0 aromatic carbocycles. The Morgan fingerprint density at radius 3 is 3.06 bits per heavy atom. The van der Waals surface area contributed by atoms with Crippen molar-refractivity contribution in [3.05, 3.63) is 22.2 Å². The van der Waals surface area contributed by atoms with Crippen LogP contribution in [-0.4, -0.2) is 28.1 Å². The summed E-state index contributed by atoms with van der Waals surface area (Å²) in [5, 5.41) is 0. The highest BCUT2D eigenvalue weighted by molar-refractivity contribution is 7.99. The number of aromatic amines is 1. The van der Waals surface area contributed by atoms with Crippen LogP contribution in [-0.2, 0) is 4.74 Å². The van der Waals surface area contributed by atoms with E-state index in [9.17, 15) is 0 Å². The fraction of sp³-hybridized carbons (Fsp3) is 0.636. The molecule has 1 N–H and O–H groups in total. The highest BCUT2D eigenvalue weighted by atomic mass is 32.2. The van der Waals surface area contributed by atoms with Gasteiger partial charge in [0.25, 0.3) is 0 Å². The molecule has 16 heavy (non-hydrogen) atoms. The molecule has 1 atom stereocenters. The van der Waals surface area contributed by atoms with Gasteiger partial charge in [-0.25, -0.2) is 4.98 Å². The van der Waals surface area contributed by atoms with Crippen LogP contribution < -0.4 is 0 Å². The minimum Gasteiger partial charge on any atom is -0.369 e. The lowest BCUT2D eigenvalue weighted by atomic mass is 10.2. The Balaban J connectivity index is 1.89. The zero-order chi connectivity index (χ0) is 11.0. The Morgan fingerprint density at radius 2 is 2.38 bits per heavy atom. The molecule has 1 aliphatic carbocycles. The maximum absolute atomic E-state index is 5.71. The second-order valence-electron chi connectivity index (χ2n) is 4.27. The monoisotopic (exact) mass is 254 g/mol. The number of rotatable bonds is 2. The van der Waals surface area contributed by atoms with Crippen molar-refractivity contribution >= 4 is 24.0 Å². The SMILES string of the molecule is S=c1cc(C2CC2)[nH]c(C2CSCCO2)n1. The number of thioether (sulfide) groups is 1. The molecule has 2 heterocycles. The maximum Gasteiger partial charge on any atom is 0.138 e. The number of aromatic nitrogens is 2. The Hall–Kier alpha value is -0.390. The van der Waals surface area contributed by atoms with Crippen LogP contribution in [0.3, 0.4) is 0 Å². The first kappa shape index (κ1) is 10.7. The minimum absolute atomic E-state index is 0.0964. The molecule has 2 fully saturated rings. The van der Waals surface area contributed by atoms with Gasteiger partial charge in [0.2, 0.25) is 0 Å². The highest BCUT2D eigenvalue weighted by Gasteiger charge is 2.26. The average molecular weight is 254 g/mol. The van der Waals surface area contributed by atoms with Crippen molar-refractivity contribution in [1.82, 2.24) is 9.97 Å². The molecule has 86 valence electrons. The normalized spacial score (nSPS) is 25.6. The Morgan fingerprint density at radius 1 is 1.50 bits per heavy atom. The Bertz CT molecular complexity index is 436. The summed E-state index contributed by atoms with van der Waals surface area (Å²) in [4.78, 5) is 7.79. The van der Waals surface area contributed by atoms with E-state index in [1.165, 1.54) is 18.5 Å². The smallest absolute Gasteiger partial charge is 0.138 e. The molecular weight excluding hydrogens is 240 g/mol. The molecule has 3 nitrogen and oxygen atoms in total. The lowest BCUT2D eigenvalue weighted by Crippen LogP contribution is -2.18. The molecule has 5 heteroatoms. The molecule has 1 saturated carbocycles. The van der Waals surface area contributed by atoms with Gasteiger partial charge in [-0.1, -0.05) is 12.2 Å². The summed E-state index contributed by atoms with van der Waals surface area (Å²) in [6.45, 7) is 0.811. The summed E-state index contributed by atoms with van der Waals surface area (Å²) in [6.07, 6.45) is 2.64. The van der Waals surface area contributed by atoms with Gasteiger partial charge in [0.05, 0.1) is 6.61 Å². The first-order chi connectivity index (χ1) is 7.83. The van der Waals surface area contributed by atoms with Crippen molar-refractivity contribution in [3.63, 3.8) is 0 Å². The van der Waals surface area contributed by atoms with E-state index in [0.29, 0.717) is 10.6 Å². The Labute approximate surface area is 104 Å². The third-order valence-corrected chi connectivity index (χ3v) is 4.12. The molecule has 1 aromatic rings. The third-order valence-electron chi connectivity index (χ3n) is 2.92. The molecular formula is C11H14N2OS2. The topological polar surface area (TPSA) is 37.9 Å². The summed E-state index contributed by atoms with van der Waals surface area (Å²) in [7, 11) is 0. The number of ether oxygens (including phenoxy) is 1.